The summed E-state index contributed by atoms with van der Waals surface area (Å²) in [6.45, 7) is 7.32. The van der Waals surface area contributed by atoms with Crippen LogP contribution in [0.5, 0.6) is 0 Å². The van der Waals surface area contributed by atoms with Gasteiger partial charge in [0.1, 0.15) is 17.6 Å². The number of hydrogen-bond donors (Lipinski definition) is 1. The van der Waals surface area contributed by atoms with Crippen molar-refractivity contribution in [2.45, 2.75) is 51.0 Å². The number of piperidine rings is 1. The van der Waals surface area contributed by atoms with Crippen molar-refractivity contribution in [1.29, 1.82) is 0 Å². The minimum absolute atomic E-state index is 0.0920. The monoisotopic (exact) mass is 291 g/mol. The van der Waals surface area contributed by atoms with E-state index in [-0.39, 0.29) is 5.91 Å². The SMILES string of the molecule is C=CON1CCC2(CC1)N=C([C@H]1CC[C@H](C)CC1)NC2=O. The maximum atomic E-state index is 12.4. The van der Waals surface area contributed by atoms with Crippen molar-refractivity contribution in [3.05, 3.63) is 12.8 Å². The number of aliphatic imine (C=N–C) groups is 1. The molecule has 5 heteroatoms. The Labute approximate surface area is 126 Å². The van der Waals surface area contributed by atoms with Gasteiger partial charge in [0.05, 0.1) is 0 Å². The van der Waals surface area contributed by atoms with Gasteiger partial charge in [-0.25, -0.2) is 0 Å². The van der Waals surface area contributed by atoms with Gasteiger partial charge in [-0.1, -0.05) is 26.3 Å². The van der Waals surface area contributed by atoms with E-state index in [1.165, 1.54) is 19.1 Å². The summed E-state index contributed by atoms with van der Waals surface area (Å²) in [7, 11) is 0. The molecule has 116 valence electrons. The lowest BCUT2D eigenvalue weighted by molar-refractivity contribution is -0.140. The maximum absolute atomic E-state index is 12.4. The molecule has 0 bridgehead atoms. The Hall–Kier alpha value is -1.36. The molecule has 0 unspecified atom stereocenters. The van der Waals surface area contributed by atoms with E-state index in [2.05, 4.69) is 18.8 Å². The van der Waals surface area contributed by atoms with E-state index in [0.29, 0.717) is 5.92 Å². The third-order valence-corrected chi connectivity index (χ3v) is 5.17. The fraction of sp³-hybridized carbons (Fsp3) is 0.750. The lowest BCUT2D eigenvalue weighted by Crippen LogP contribution is -2.48. The topological polar surface area (TPSA) is 53.9 Å². The lowest BCUT2D eigenvalue weighted by Gasteiger charge is -2.33. The van der Waals surface area contributed by atoms with Crippen LogP contribution in [-0.2, 0) is 9.63 Å². The second kappa shape index (κ2) is 5.79. The molecule has 2 fully saturated rings. The maximum Gasteiger partial charge on any atom is 0.253 e. The van der Waals surface area contributed by atoms with Crippen LogP contribution in [0.25, 0.3) is 0 Å². The molecule has 3 rings (SSSR count). The molecule has 0 aromatic heterocycles. The van der Waals surface area contributed by atoms with Crippen molar-refractivity contribution >= 4 is 11.7 Å². The van der Waals surface area contributed by atoms with Crippen molar-refractivity contribution in [1.82, 2.24) is 10.4 Å². The molecule has 1 saturated carbocycles. The zero-order chi connectivity index (χ0) is 14.9. The average molecular weight is 291 g/mol. The Morgan fingerprint density at radius 3 is 2.62 bits per heavy atom. The Bertz CT molecular complexity index is 444. The standard InChI is InChI=1S/C16H25N3O2/c1-3-21-19-10-8-16(9-11-19)15(20)17-14(18-16)13-6-4-12(2)5-7-13/h3,12-13H,1,4-11H2,2H3,(H,17,18,20)/t12-,13-. The Morgan fingerprint density at radius 1 is 1.33 bits per heavy atom. The number of carbonyl (C=O) groups is 1. The molecule has 1 N–H and O–H groups in total. The summed E-state index contributed by atoms with van der Waals surface area (Å²) in [5.41, 5.74) is -0.542. The highest BCUT2D eigenvalue weighted by atomic mass is 16.7. The highest BCUT2D eigenvalue weighted by Gasteiger charge is 2.47. The Kier molecular flexibility index (Phi) is 4.02. The second-order valence-corrected chi connectivity index (χ2v) is 6.64. The fourth-order valence-electron chi connectivity index (χ4n) is 3.67. The molecule has 0 radical (unpaired) electrons. The highest BCUT2D eigenvalue weighted by Crippen LogP contribution is 2.35. The van der Waals surface area contributed by atoms with Crippen LogP contribution in [0.4, 0.5) is 0 Å². The number of hydroxylamine groups is 2. The summed E-state index contributed by atoms with van der Waals surface area (Å²) < 4.78 is 0. The number of amides is 1. The van der Waals surface area contributed by atoms with Crippen molar-refractivity contribution in [2.75, 3.05) is 13.1 Å². The van der Waals surface area contributed by atoms with Crippen LogP contribution in [0, 0.1) is 11.8 Å². The number of hydrogen-bond acceptors (Lipinski definition) is 4. The number of nitrogens with zero attached hydrogens (tertiary/aromatic N) is 2. The largest absolute Gasteiger partial charge is 0.414 e. The number of rotatable bonds is 3. The van der Waals surface area contributed by atoms with Crippen LogP contribution in [0.15, 0.2) is 17.8 Å². The van der Waals surface area contributed by atoms with Crippen LogP contribution in [0.3, 0.4) is 0 Å². The molecule has 5 nitrogen and oxygen atoms in total. The first-order valence-corrected chi connectivity index (χ1v) is 8.07. The minimum Gasteiger partial charge on any atom is -0.414 e. The minimum atomic E-state index is -0.542. The molecule has 21 heavy (non-hydrogen) atoms. The van der Waals surface area contributed by atoms with Gasteiger partial charge < -0.3 is 10.2 Å². The molecule has 0 aromatic rings. The smallest absolute Gasteiger partial charge is 0.253 e. The van der Waals surface area contributed by atoms with Crippen LogP contribution >= 0.6 is 0 Å². The summed E-state index contributed by atoms with van der Waals surface area (Å²) in [6, 6.07) is 0. The van der Waals surface area contributed by atoms with Crippen molar-refractivity contribution in [3.8, 4) is 0 Å². The first kappa shape index (κ1) is 14.6. The molecule has 2 aliphatic heterocycles. The predicted octanol–water partition coefficient (Wildman–Crippen LogP) is 2.25. The first-order valence-electron chi connectivity index (χ1n) is 8.07. The molecule has 1 aliphatic carbocycles. The molecular formula is C16H25N3O2. The van der Waals surface area contributed by atoms with Gasteiger partial charge in [0.2, 0.25) is 0 Å². The zero-order valence-corrected chi connectivity index (χ0v) is 12.8. The van der Waals surface area contributed by atoms with E-state index in [9.17, 15) is 4.79 Å². The molecule has 0 atom stereocenters. The van der Waals surface area contributed by atoms with Gasteiger partial charge in [-0.2, -0.15) is 0 Å². The summed E-state index contributed by atoms with van der Waals surface area (Å²) in [5.74, 6) is 2.30. The van der Waals surface area contributed by atoms with Gasteiger partial charge in [0, 0.05) is 19.0 Å². The first-order chi connectivity index (χ1) is 10.1. The lowest BCUT2D eigenvalue weighted by atomic mass is 9.82. The summed E-state index contributed by atoms with van der Waals surface area (Å²) >= 11 is 0. The van der Waals surface area contributed by atoms with Crippen LogP contribution < -0.4 is 5.32 Å². The highest BCUT2D eigenvalue weighted by molar-refractivity contribution is 6.09. The van der Waals surface area contributed by atoms with E-state index in [0.717, 1.165) is 50.5 Å². The van der Waals surface area contributed by atoms with E-state index in [1.807, 2.05) is 5.06 Å². The second-order valence-electron chi connectivity index (χ2n) is 6.64. The fourth-order valence-corrected chi connectivity index (χ4v) is 3.67. The van der Waals surface area contributed by atoms with Crippen LogP contribution in [0.1, 0.15) is 45.4 Å². The predicted molar refractivity (Wildman–Crippen MR) is 81.5 cm³/mol. The van der Waals surface area contributed by atoms with Crippen LogP contribution in [-0.4, -0.2) is 35.4 Å². The number of amidine groups is 1. The molecular weight excluding hydrogens is 266 g/mol. The van der Waals surface area contributed by atoms with E-state index >= 15 is 0 Å². The van der Waals surface area contributed by atoms with E-state index < -0.39 is 5.54 Å². The Morgan fingerprint density at radius 2 is 2.00 bits per heavy atom. The van der Waals surface area contributed by atoms with Gasteiger partial charge in [-0.15, -0.1) is 5.06 Å². The summed E-state index contributed by atoms with van der Waals surface area (Å²) in [5, 5.41) is 4.93. The molecule has 1 spiro atoms. The molecule has 1 saturated heterocycles. The van der Waals surface area contributed by atoms with Gasteiger partial charge >= 0.3 is 0 Å². The van der Waals surface area contributed by atoms with Crippen molar-refractivity contribution in [2.24, 2.45) is 16.8 Å². The molecule has 0 aromatic carbocycles. The Balaban J connectivity index is 1.66. The normalized spacial score (nSPS) is 32.6. The van der Waals surface area contributed by atoms with Crippen LogP contribution in [0.2, 0.25) is 0 Å². The van der Waals surface area contributed by atoms with Gasteiger partial charge in [-0.05, 0) is 31.6 Å². The van der Waals surface area contributed by atoms with Crippen molar-refractivity contribution < 1.29 is 9.63 Å². The molecule has 1 amide bonds. The summed E-state index contributed by atoms with van der Waals surface area (Å²) in [4.78, 5) is 22.6. The average Bonchev–Trinajstić information content (AvgIpc) is 2.80. The quantitative estimate of drug-likeness (QED) is 0.811. The number of carbonyl (C=O) groups excluding carboxylic acids is 1. The molecule has 2 heterocycles. The third-order valence-electron chi connectivity index (χ3n) is 5.17. The summed E-state index contributed by atoms with van der Waals surface area (Å²) in [6.07, 6.45) is 7.67. The zero-order valence-electron chi connectivity index (χ0n) is 12.8. The van der Waals surface area contributed by atoms with Gasteiger partial charge in [0.15, 0.2) is 0 Å². The van der Waals surface area contributed by atoms with Gasteiger partial charge in [0.25, 0.3) is 5.91 Å². The molecule has 3 aliphatic rings. The van der Waals surface area contributed by atoms with Crippen molar-refractivity contribution in [3.63, 3.8) is 0 Å². The van der Waals surface area contributed by atoms with Gasteiger partial charge in [-0.3, -0.25) is 9.79 Å². The van der Waals surface area contributed by atoms with E-state index in [4.69, 9.17) is 9.83 Å². The third kappa shape index (κ3) is 2.84. The van der Waals surface area contributed by atoms with E-state index in [1.54, 1.807) is 0 Å². The number of nitrogens with one attached hydrogen (secondary N) is 1.